The lowest BCUT2D eigenvalue weighted by Gasteiger charge is -2.27. The third-order valence-electron chi connectivity index (χ3n) is 6.61. The fraction of sp³-hybridized carbons (Fsp3) is 0.333. The Morgan fingerprint density at radius 1 is 1.06 bits per heavy atom. The van der Waals surface area contributed by atoms with Crippen LogP contribution >= 0.6 is 0 Å². The number of nitrogens with one attached hydrogen (secondary N) is 1. The molecule has 8 heteroatoms. The van der Waals surface area contributed by atoms with E-state index in [0.717, 1.165) is 0 Å². The van der Waals surface area contributed by atoms with Crippen molar-refractivity contribution in [1.29, 1.82) is 0 Å². The summed E-state index contributed by atoms with van der Waals surface area (Å²) in [6, 6.07) is 15.5. The maximum Gasteiger partial charge on any atom is 0.253 e. The van der Waals surface area contributed by atoms with Crippen molar-refractivity contribution in [2.45, 2.75) is 18.8 Å². The number of fused-ring (bicyclic) bond motifs is 1. The van der Waals surface area contributed by atoms with E-state index in [1.54, 1.807) is 23.1 Å². The molecule has 7 nitrogen and oxygen atoms in total. The molecule has 5 rings (SSSR count). The Hall–Kier alpha value is -3.55. The van der Waals surface area contributed by atoms with E-state index in [0.29, 0.717) is 49.0 Å². The van der Waals surface area contributed by atoms with Crippen LogP contribution in [0.25, 0.3) is 0 Å². The van der Waals surface area contributed by atoms with Gasteiger partial charge in [-0.1, -0.05) is 36.4 Å². The molecule has 0 bridgehead atoms. The zero-order chi connectivity index (χ0) is 22.3. The van der Waals surface area contributed by atoms with Crippen molar-refractivity contribution in [2.75, 3.05) is 26.2 Å². The normalized spacial score (nSPS) is 22.2. The van der Waals surface area contributed by atoms with Gasteiger partial charge in [-0.05, 0) is 30.7 Å². The zero-order valence-electron chi connectivity index (χ0n) is 17.8. The van der Waals surface area contributed by atoms with Crippen molar-refractivity contribution in [3.05, 3.63) is 83.2 Å². The average molecular weight is 433 g/mol. The molecular formula is C24H24FN5O2. The Labute approximate surface area is 185 Å². The van der Waals surface area contributed by atoms with Gasteiger partial charge in [0.1, 0.15) is 11.6 Å². The van der Waals surface area contributed by atoms with Crippen LogP contribution in [0.2, 0.25) is 0 Å². The predicted molar refractivity (Wildman–Crippen MR) is 115 cm³/mol. The number of aryl methyl sites for hydroxylation is 1. The van der Waals surface area contributed by atoms with Crippen LogP contribution in [0.4, 0.5) is 4.39 Å². The summed E-state index contributed by atoms with van der Waals surface area (Å²) in [6.07, 6.45) is 0.00908. The Kier molecular flexibility index (Phi) is 5.00. The second kappa shape index (κ2) is 7.85. The summed E-state index contributed by atoms with van der Waals surface area (Å²) < 4.78 is 14.1. The second-order valence-corrected chi connectivity index (χ2v) is 8.69. The summed E-state index contributed by atoms with van der Waals surface area (Å²) in [4.78, 5) is 34.3. The molecule has 2 amide bonds. The average Bonchev–Trinajstić information content (AvgIpc) is 3.48. The first-order chi connectivity index (χ1) is 15.5. The fourth-order valence-corrected chi connectivity index (χ4v) is 4.97. The minimum atomic E-state index is -0.542. The molecule has 164 valence electrons. The molecule has 0 saturated carbocycles. The standard InChI is InChI=1S/C24H24FN5O2/c1-16-26-23(28-27-16)24-14-29(21(31)11-18-9-5-6-10-20(18)25)12-19(24)13-30(15-24)22(32)17-7-3-2-4-8-17/h2-10,19H,11-15H2,1H3,(H,26,27,28)/t19-,24-/m1/s1. The van der Waals surface area contributed by atoms with E-state index in [2.05, 4.69) is 15.2 Å². The molecular weight excluding hydrogens is 409 g/mol. The van der Waals surface area contributed by atoms with E-state index >= 15 is 0 Å². The number of carbonyl (C=O) groups is 2. The summed E-state index contributed by atoms with van der Waals surface area (Å²) in [5.41, 5.74) is 0.486. The van der Waals surface area contributed by atoms with Gasteiger partial charge in [0.15, 0.2) is 5.82 Å². The Morgan fingerprint density at radius 2 is 1.75 bits per heavy atom. The number of carbonyl (C=O) groups excluding carboxylic acids is 2. The number of rotatable bonds is 4. The highest BCUT2D eigenvalue weighted by Gasteiger charge is 2.57. The highest BCUT2D eigenvalue weighted by atomic mass is 19.1. The number of hydrogen-bond acceptors (Lipinski definition) is 4. The third kappa shape index (κ3) is 3.45. The van der Waals surface area contributed by atoms with Gasteiger partial charge >= 0.3 is 0 Å². The quantitative estimate of drug-likeness (QED) is 0.685. The summed E-state index contributed by atoms with van der Waals surface area (Å²) in [5, 5.41) is 7.32. The molecule has 1 N–H and O–H groups in total. The van der Waals surface area contributed by atoms with Crippen molar-refractivity contribution < 1.29 is 14.0 Å². The lowest BCUT2D eigenvalue weighted by Crippen LogP contribution is -2.42. The van der Waals surface area contributed by atoms with E-state index < -0.39 is 5.41 Å². The van der Waals surface area contributed by atoms with Crippen LogP contribution in [0.5, 0.6) is 0 Å². The summed E-state index contributed by atoms with van der Waals surface area (Å²) in [7, 11) is 0. The number of likely N-dealkylation sites (tertiary alicyclic amines) is 2. The van der Waals surface area contributed by atoms with Gasteiger partial charge in [-0.3, -0.25) is 14.7 Å². The van der Waals surface area contributed by atoms with E-state index in [1.165, 1.54) is 6.07 Å². The number of H-pyrrole nitrogens is 1. The molecule has 0 spiro atoms. The Balaban J connectivity index is 1.40. The first-order valence-corrected chi connectivity index (χ1v) is 10.7. The second-order valence-electron chi connectivity index (χ2n) is 8.69. The molecule has 2 aromatic carbocycles. The number of halogens is 1. The predicted octanol–water partition coefficient (Wildman–Crippen LogP) is 2.35. The molecule has 0 aliphatic carbocycles. The molecule has 1 aromatic heterocycles. The van der Waals surface area contributed by atoms with Crippen molar-refractivity contribution in [3.63, 3.8) is 0 Å². The fourth-order valence-electron chi connectivity index (χ4n) is 4.97. The van der Waals surface area contributed by atoms with E-state index in [9.17, 15) is 14.0 Å². The van der Waals surface area contributed by atoms with Crippen LogP contribution in [-0.4, -0.2) is 63.0 Å². The minimum Gasteiger partial charge on any atom is -0.341 e. The number of aromatic nitrogens is 3. The maximum atomic E-state index is 14.1. The van der Waals surface area contributed by atoms with E-state index in [-0.39, 0.29) is 30.0 Å². The monoisotopic (exact) mass is 433 g/mol. The number of benzene rings is 2. The van der Waals surface area contributed by atoms with Gasteiger partial charge in [0.2, 0.25) is 5.91 Å². The van der Waals surface area contributed by atoms with Gasteiger partial charge in [0.25, 0.3) is 5.91 Å². The molecule has 3 heterocycles. The number of aromatic amines is 1. The zero-order valence-corrected chi connectivity index (χ0v) is 17.8. The lowest BCUT2D eigenvalue weighted by molar-refractivity contribution is -0.129. The molecule has 2 aliphatic rings. The van der Waals surface area contributed by atoms with Crippen molar-refractivity contribution in [1.82, 2.24) is 25.0 Å². The minimum absolute atomic E-state index is 0.00908. The highest BCUT2D eigenvalue weighted by molar-refractivity contribution is 5.94. The SMILES string of the molecule is Cc1nc([C@@]23CN(C(=O)Cc4ccccc4F)C[C@@H]2CN(C(=O)c2ccccc2)C3)n[nH]1. The molecule has 2 aliphatic heterocycles. The third-order valence-corrected chi connectivity index (χ3v) is 6.61. The van der Waals surface area contributed by atoms with Crippen LogP contribution in [0.3, 0.4) is 0 Å². The van der Waals surface area contributed by atoms with Crippen molar-refractivity contribution in [3.8, 4) is 0 Å². The molecule has 2 atom stereocenters. The molecule has 32 heavy (non-hydrogen) atoms. The number of hydrogen-bond donors (Lipinski definition) is 1. The number of nitrogens with zero attached hydrogens (tertiary/aromatic N) is 4. The molecule has 3 aromatic rings. The van der Waals surface area contributed by atoms with Gasteiger partial charge in [0.05, 0.1) is 11.8 Å². The topological polar surface area (TPSA) is 82.2 Å². The van der Waals surface area contributed by atoms with Crippen LogP contribution < -0.4 is 0 Å². The van der Waals surface area contributed by atoms with Crippen molar-refractivity contribution >= 4 is 11.8 Å². The van der Waals surface area contributed by atoms with Gasteiger partial charge in [-0.15, -0.1) is 0 Å². The summed E-state index contributed by atoms with van der Waals surface area (Å²) in [6.45, 7) is 3.68. The van der Waals surface area contributed by atoms with Crippen LogP contribution in [0.1, 0.15) is 27.6 Å². The van der Waals surface area contributed by atoms with Gasteiger partial charge < -0.3 is 9.80 Å². The highest BCUT2D eigenvalue weighted by Crippen LogP contribution is 2.44. The van der Waals surface area contributed by atoms with Crippen molar-refractivity contribution in [2.24, 2.45) is 5.92 Å². The van der Waals surface area contributed by atoms with Crippen LogP contribution in [0.15, 0.2) is 54.6 Å². The van der Waals surface area contributed by atoms with E-state index in [4.69, 9.17) is 0 Å². The molecule has 2 fully saturated rings. The first kappa shape index (κ1) is 20.4. The van der Waals surface area contributed by atoms with Gasteiger partial charge in [-0.25, -0.2) is 9.37 Å². The largest absolute Gasteiger partial charge is 0.341 e. The first-order valence-electron chi connectivity index (χ1n) is 10.7. The molecule has 2 saturated heterocycles. The van der Waals surface area contributed by atoms with Gasteiger partial charge in [0, 0.05) is 37.7 Å². The Bertz CT molecular complexity index is 1160. The van der Waals surface area contributed by atoms with E-state index in [1.807, 2.05) is 42.2 Å². The number of amides is 2. The van der Waals surface area contributed by atoms with Crippen LogP contribution in [0, 0.1) is 18.7 Å². The van der Waals surface area contributed by atoms with Crippen LogP contribution in [-0.2, 0) is 16.6 Å². The summed E-state index contributed by atoms with van der Waals surface area (Å²) >= 11 is 0. The van der Waals surface area contributed by atoms with Gasteiger partial charge in [-0.2, -0.15) is 5.10 Å². The smallest absolute Gasteiger partial charge is 0.253 e. The molecule has 0 unspecified atom stereocenters. The summed E-state index contributed by atoms with van der Waals surface area (Å²) in [5.74, 6) is 0.795. The Morgan fingerprint density at radius 3 is 2.47 bits per heavy atom. The maximum absolute atomic E-state index is 14.1. The molecule has 0 radical (unpaired) electrons. The lowest BCUT2D eigenvalue weighted by atomic mass is 9.80.